The third kappa shape index (κ3) is 4.41. The van der Waals surface area contributed by atoms with E-state index in [9.17, 15) is 4.79 Å². The topological polar surface area (TPSA) is 80.0 Å². The zero-order valence-corrected chi connectivity index (χ0v) is 15.2. The lowest BCUT2D eigenvalue weighted by molar-refractivity contribution is 0.0937. The SMILES string of the molecule is CC(NC(=O)c1ccc(SCCO)cc1)c1nncn1C1CCCC1. The molecule has 1 unspecified atom stereocenters. The lowest BCUT2D eigenvalue weighted by Gasteiger charge is -2.18. The van der Waals surface area contributed by atoms with Gasteiger partial charge in [0.2, 0.25) is 0 Å². The summed E-state index contributed by atoms with van der Waals surface area (Å²) in [6.07, 6.45) is 6.56. The van der Waals surface area contributed by atoms with Crippen LogP contribution in [-0.2, 0) is 0 Å². The first-order valence-electron chi connectivity index (χ1n) is 8.73. The molecule has 0 radical (unpaired) electrons. The number of rotatable bonds is 7. The smallest absolute Gasteiger partial charge is 0.251 e. The second kappa shape index (κ2) is 8.49. The molecule has 6 nitrogen and oxygen atoms in total. The number of hydrogen-bond acceptors (Lipinski definition) is 5. The first kappa shape index (κ1) is 17.9. The maximum absolute atomic E-state index is 12.5. The first-order valence-corrected chi connectivity index (χ1v) is 9.71. The lowest BCUT2D eigenvalue weighted by Crippen LogP contribution is -2.29. The molecule has 1 aliphatic rings. The van der Waals surface area contributed by atoms with Gasteiger partial charge in [-0.1, -0.05) is 12.8 Å². The van der Waals surface area contributed by atoms with E-state index in [1.165, 1.54) is 12.8 Å². The van der Waals surface area contributed by atoms with Crippen LogP contribution in [0.4, 0.5) is 0 Å². The van der Waals surface area contributed by atoms with Gasteiger partial charge >= 0.3 is 0 Å². The van der Waals surface area contributed by atoms with Crippen molar-refractivity contribution in [2.24, 2.45) is 0 Å². The number of aliphatic hydroxyl groups is 1. The number of hydrogen-bond donors (Lipinski definition) is 2. The van der Waals surface area contributed by atoms with Crippen LogP contribution in [0.1, 0.15) is 60.9 Å². The Morgan fingerprint density at radius 2 is 2.08 bits per heavy atom. The Labute approximate surface area is 152 Å². The molecule has 7 heteroatoms. The van der Waals surface area contributed by atoms with Crippen molar-refractivity contribution in [1.29, 1.82) is 0 Å². The van der Waals surface area contributed by atoms with Crippen LogP contribution in [0.15, 0.2) is 35.5 Å². The molecule has 1 heterocycles. The molecule has 1 fully saturated rings. The molecule has 0 saturated heterocycles. The zero-order chi connectivity index (χ0) is 17.6. The molecule has 0 bridgehead atoms. The number of benzene rings is 1. The molecule has 1 saturated carbocycles. The molecule has 2 aromatic rings. The van der Waals surface area contributed by atoms with Crippen LogP contribution in [0.5, 0.6) is 0 Å². The van der Waals surface area contributed by atoms with E-state index >= 15 is 0 Å². The Hall–Kier alpha value is -1.86. The summed E-state index contributed by atoms with van der Waals surface area (Å²) in [5.74, 6) is 1.35. The lowest BCUT2D eigenvalue weighted by atomic mass is 10.2. The molecule has 3 rings (SSSR count). The van der Waals surface area contributed by atoms with Crippen molar-refractivity contribution in [2.45, 2.75) is 49.6 Å². The van der Waals surface area contributed by atoms with Crippen molar-refractivity contribution in [2.75, 3.05) is 12.4 Å². The van der Waals surface area contributed by atoms with Gasteiger partial charge in [0.1, 0.15) is 6.33 Å². The molecule has 1 aliphatic carbocycles. The molecule has 25 heavy (non-hydrogen) atoms. The van der Waals surface area contributed by atoms with Crippen molar-refractivity contribution >= 4 is 17.7 Å². The van der Waals surface area contributed by atoms with Crippen molar-refractivity contribution in [3.8, 4) is 0 Å². The number of carbonyl (C=O) groups excluding carboxylic acids is 1. The minimum Gasteiger partial charge on any atom is -0.396 e. The average Bonchev–Trinajstić information content (AvgIpc) is 3.31. The fourth-order valence-electron chi connectivity index (χ4n) is 3.24. The van der Waals surface area contributed by atoms with Gasteiger partial charge in [0, 0.05) is 22.3 Å². The Kier molecular flexibility index (Phi) is 6.09. The quantitative estimate of drug-likeness (QED) is 0.742. The number of nitrogens with zero attached hydrogens (tertiary/aromatic N) is 3. The van der Waals surface area contributed by atoms with E-state index in [0.29, 0.717) is 17.4 Å². The molecule has 2 N–H and O–H groups in total. The van der Waals surface area contributed by atoms with Gasteiger partial charge in [-0.3, -0.25) is 4.79 Å². The highest BCUT2D eigenvalue weighted by Gasteiger charge is 2.23. The predicted molar refractivity (Wildman–Crippen MR) is 97.7 cm³/mol. The number of carbonyl (C=O) groups is 1. The summed E-state index contributed by atoms with van der Waals surface area (Å²) >= 11 is 1.57. The molecular formula is C18H24N4O2S. The van der Waals surface area contributed by atoms with Crippen LogP contribution in [0, 0.1) is 0 Å². The predicted octanol–water partition coefficient (Wildman–Crippen LogP) is 2.97. The molecular weight excluding hydrogens is 336 g/mol. The summed E-state index contributed by atoms with van der Waals surface area (Å²) in [5, 5.41) is 20.2. The van der Waals surface area contributed by atoms with Gasteiger partial charge in [-0.25, -0.2) is 0 Å². The van der Waals surface area contributed by atoms with Crippen molar-refractivity contribution in [3.63, 3.8) is 0 Å². The Morgan fingerprint density at radius 3 is 2.76 bits per heavy atom. The minimum absolute atomic E-state index is 0.118. The molecule has 1 atom stereocenters. The van der Waals surface area contributed by atoms with E-state index in [4.69, 9.17) is 5.11 Å². The minimum atomic E-state index is -0.195. The summed E-state index contributed by atoms with van der Waals surface area (Å²) in [4.78, 5) is 13.5. The van der Waals surface area contributed by atoms with E-state index in [2.05, 4.69) is 20.1 Å². The van der Waals surface area contributed by atoms with Crippen LogP contribution < -0.4 is 5.32 Å². The van der Waals surface area contributed by atoms with E-state index in [1.807, 2.05) is 31.2 Å². The van der Waals surface area contributed by atoms with Crippen LogP contribution in [0.2, 0.25) is 0 Å². The molecule has 1 aromatic heterocycles. The first-order chi connectivity index (χ1) is 12.2. The normalized spacial score (nSPS) is 16.1. The summed E-state index contributed by atoms with van der Waals surface area (Å²) in [5.41, 5.74) is 0.618. The largest absolute Gasteiger partial charge is 0.396 e. The Bertz CT molecular complexity index is 695. The van der Waals surface area contributed by atoms with Crippen molar-refractivity contribution in [1.82, 2.24) is 20.1 Å². The Morgan fingerprint density at radius 1 is 1.36 bits per heavy atom. The fraction of sp³-hybridized carbons (Fsp3) is 0.500. The molecule has 1 aromatic carbocycles. The van der Waals surface area contributed by atoms with Crippen molar-refractivity contribution in [3.05, 3.63) is 42.0 Å². The van der Waals surface area contributed by atoms with Crippen LogP contribution in [0.25, 0.3) is 0 Å². The molecule has 134 valence electrons. The van der Waals surface area contributed by atoms with Crippen LogP contribution >= 0.6 is 11.8 Å². The number of aromatic nitrogens is 3. The van der Waals surface area contributed by atoms with E-state index in [0.717, 1.165) is 23.6 Å². The highest BCUT2D eigenvalue weighted by atomic mass is 32.2. The summed E-state index contributed by atoms with van der Waals surface area (Å²) in [6.45, 7) is 2.09. The van der Waals surface area contributed by atoms with Crippen LogP contribution in [0.3, 0.4) is 0 Å². The van der Waals surface area contributed by atoms with Gasteiger partial charge < -0.3 is 15.0 Å². The fourth-order valence-corrected chi connectivity index (χ4v) is 3.89. The third-order valence-electron chi connectivity index (χ3n) is 4.53. The third-order valence-corrected chi connectivity index (χ3v) is 5.52. The summed E-state index contributed by atoms with van der Waals surface area (Å²) in [6, 6.07) is 7.68. The van der Waals surface area contributed by atoms with Gasteiger partial charge in [-0.05, 0) is 44.0 Å². The van der Waals surface area contributed by atoms with Crippen LogP contribution in [-0.4, -0.2) is 38.1 Å². The van der Waals surface area contributed by atoms with E-state index < -0.39 is 0 Å². The number of amides is 1. The Balaban J connectivity index is 1.63. The van der Waals surface area contributed by atoms with E-state index in [-0.39, 0.29) is 18.6 Å². The van der Waals surface area contributed by atoms with Gasteiger partial charge in [0.05, 0.1) is 12.6 Å². The second-order valence-electron chi connectivity index (χ2n) is 6.33. The summed E-state index contributed by atoms with van der Waals surface area (Å²) in [7, 11) is 0. The number of thioether (sulfide) groups is 1. The van der Waals surface area contributed by atoms with E-state index in [1.54, 1.807) is 18.1 Å². The zero-order valence-electron chi connectivity index (χ0n) is 14.4. The number of nitrogens with one attached hydrogen (secondary N) is 1. The monoisotopic (exact) mass is 360 g/mol. The van der Waals surface area contributed by atoms with Gasteiger partial charge in [-0.15, -0.1) is 22.0 Å². The molecule has 0 aliphatic heterocycles. The second-order valence-corrected chi connectivity index (χ2v) is 7.49. The molecule has 1 amide bonds. The van der Waals surface area contributed by atoms with Gasteiger partial charge in [-0.2, -0.15) is 0 Å². The summed E-state index contributed by atoms with van der Waals surface area (Å²) < 4.78 is 2.12. The van der Waals surface area contributed by atoms with Gasteiger partial charge in [0.15, 0.2) is 5.82 Å². The molecule has 0 spiro atoms. The number of aliphatic hydroxyl groups excluding tert-OH is 1. The highest BCUT2D eigenvalue weighted by Crippen LogP contribution is 2.31. The average molecular weight is 360 g/mol. The maximum Gasteiger partial charge on any atom is 0.251 e. The maximum atomic E-state index is 12.5. The van der Waals surface area contributed by atoms with Crippen molar-refractivity contribution < 1.29 is 9.90 Å². The highest BCUT2D eigenvalue weighted by molar-refractivity contribution is 7.99. The standard InChI is InChI=1S/C18H24N4O2S/c1-13(17-21-19-12-22(17)15-4-2-3-5-15)20-18(24)14-6-8-16(9-7-14)25-11-10-23/h6-9,12-13,15,23H,2-5,10-11H2,1H3,(H,20,24). The van der Waals surface area contributed by atoms with Gasteiger partial charge in [0.25, 0.3) is 5.91 Å².